The summed E-state index contributed by atoms with van der Waals surface area (Å²) in [5.74, 6) is -1.74. The Morgan fingerprint density at radius 3 is 1.76 bits per heavy atom. The molecule has 0 aliphatic heterocycles. The molecule has 0 amide bonds. The summed E-state index contributed by atoms with van der Waals surface area (Å²) in [6, 6.07) is 4.76. The van der Waals surface area contributed by atoms with Crippen LogP contribution in [0, 0.1) is 25.5 Å². The summed E-state index contributed by atoms with van der Waals surface area (Å²) in [6.45, 7) is 2.93. The van der Waals surface area contributed by atoms with E-state index in [1.165, 1.54) is 26.0 Å². The fraction of sp³-hybridized carbons (Fsp3) is 0.294. The molecule has 2 rings (SSSR count). The van der Waals surface area contributed by atoms with Gasteiger partial charge in [-0.1, -0.05) is 0 Å². The molecule has 0 unspecified atom stereocenters. The summed E-state index contributed by atoms with van der Waals surface area (Å²) >= 11 is 0. The fourth-order valence-electron chi connectivity index (χ4n) is 2.55. The second kappa shape index (κ2) is 6.49. The summed E-state index contributed by atoms with van der Waals surface area (Å²) in [4.78, 5) is -0.223. The molecule has 2 aromatic carbocycles. The topological polar surface area (TPSA) is 68.3 Å². The third-order valence-corrected chi connectivity index (χ3v) is 5.82. The molecule has 25 heavy (non-hydrogen) atoms. The summed E-state index contributed by atoms with van der Waals surface area (Å²) in [5, 5.41) is 0. The highest BCUT2D eigenvalue weighted by Gasteiger charge is 2.19. The van der Waals surface area contributed by atoms with E-state index in [0.717, 1.165) is 24.6 Å². The maximum atomic E-state index is 14.3. The standard InChI is InChI=1S/C17H18F2O4S2/c1-10-14(5-12(6-16(10)18)9-24(3,20)21)15-7-13(25(4,22)23)8-17(19)11(15)2/h5-8H,9H2,1-4H3. The number of halogens is 2. The Labute approximate surface area is 146 Å². The Morgan fingerprint density at radius 1 is 0.800 bits per heavy atom. The number of rotatable bonds is 4. The first-order chi connectivity index (χ1) is 11.3. The molecule has 4 nitrogen and oxygen atoms in total. The van der Waals surface area contributed by atoms with Gasteiger partial charge in [0.2, 0.25) is 0 Å². The lowest BCUT2D eigenvalue weighted by Crippen LogP contribution is -2.04. The van der Waals surface area contributed by atoms with Crippen LogP contribution in [0.4, 0.5) is 8.78 Å². The molecule has 0 aliphatic carbocycles. The molecular weight excluding hydrogens is 370 g/mol. The van der Waals surface area contributed by atoms with Crippen molar-refractivity contribution in [2.24, 2.45) is 0 Å². The largest absolute Gasteiger partial charge is 0.229 e. The van der Waals surface area contributed by atoms with Gasteiger partial charge in [0.05, 0.1) is 10.6 Å². The second-order valence-corrected chi connectivity index (χ2v) is 10.3. The van der Waals surface area contributed by atoms with E-state index in [4.69, 9.17) is 0 Å². The van der Waals surface area contributed by atoms with Gasteiger partial charge in [0.1, 0.15) is 11.6 Å². The van der Waals surface area contributed by atoms with Crippen LogP contribution in [0.15, 0.2) is 29.2 Å². The smallest absolute Gasteiger partial charge is 0.175 e. The number of benzene rings is 2. The summed E-state index contributed by atoms with van der Waals surface area (Å²) in [6.07, 6.45) is 1.98. The van der Waals surface area contributed by atoms with Crippen LogP contribution in [0.2, 0.25) is 0 Å². The summed E-state index contributed by atoms with van der Waals surface area (Å²) in [5.41, 5.74) is 1.04. The van der Waals surface area contributed by atoms with Gasteiger partial charge < -0.3 is 0 Å². The minimum atomic E-state index is -3.66. The zero-order chi connectivity index (χ0) is 19.2. The van der Waals surface area contributed by atoms with Crippen molar-refractivity contribution in [3.05, 3.63) is 52.6 Å². The van der Waals surface area contributed by atoms with E-state index in [1.807, 2.05) is 0 Å². The van der Waals surface area contributed by atoms with Crippen LogP contribution in [-0.2, 0) is 25.4 Å². The highest BCUT2D eigenvalue weighted by molar-refractivity contribution is 7.90. The van der Waals surface area contributed by atoms with Crippen molar-refractivity contribution in [2.45, 2.75) is 24.5 Å². The van der Waals surface area contributed by atoms with Gasteiger partial charge in [-0.2, -0.15) is 0 Å². The average Bonchev–Trinajstić information content (AvgIpc) is 2.43. The van der Waals surface area contributed by atoms with Crippen LogP contribution in [0.5, 0.6) is 0 Å². The van der Waals surface area contributed by atoms with Gasteiger partial charge in [-0.25, -0.2) is 25.6 Å². The van der Waals surface area contributed by atoms with Crippen LogP contribution < -0.4 is 0 Å². The Kier molecular flexibility index (Phi) is 5.07. The van der Waals surface area contributed by atoms with Gasteiger partial charge >= 0.3 is 0 Å². The molecule has 0 N–H and O–H groups in total. The lowest BCUT2D eigenvalue weighted by Gasteiger charge is -2.14. The monoisotopic (exact) mass is 388 g/mol. The molecule has 0 heterocycles. The molecule has 0 bridgehead atoms. The highest BCUT2D eigenvalue weighted by atomic mass is 32.2. The molecule has 8 heteroatoms. The van der Waals surface area contributed by atoms with E-state index >= 15 is 0 Å². The number of hydrogen-bond donors (Lipinski definition) is 0. The average molecular weight is 388 g/mol. The van der Waals surface area contributed by atoms with Crippen LogP contribution in [0.1, 0.15) is 16.7 Å². The van der Waals surface area contributed by atoms with Crippen molar-refractivity contribution in [1.82, 2.24) is 0 Å². The third-order valence-electron chi connectivity index (χ3n) is 3.87. The van der Waals surface area contributed by atoms with E-state index in [0.29, 0.717) is 0 Å². The van der Waals surface area contributed by atoms with Gasteiger partial charge in [-0.3, -0.25) is 0 Å². The van der Waals surface area contributed by atoms with Crippen molar-refractivity contribution in [3.8, 4) is 11.1 Å². The molecule has 2 aromatic rings. The Morgan fingerprint density at radius 2 is 1.28 bits per heavy atom. The molecule has 136 valence electrons. The first kappa shape index (κ1) is 19.5. The van der Waals surface area contributed by atoms with Crippen LogP contribution >= 0.6 is 0 Å². The van der Waals surface area contributed by atoms with E-state index in [-0.39, 0.29) is 38.5 Å². The van der Waals surface area contributed by atoms with E-state index < -0.39 is 31.3 Å². The van der Waals surface area contributed by atoms with Crippen LogP contribution in [0.3, 0.4) is 0 Å². The van der Waals surface area contributed by atoms with Crippen LogP contribution in [-0.4, -0.2) is 29.3 Å². The maximum absolute atomic E-state index is 14.3. The van der Waals surface area contributed by atoms with Gasteiger partial charge in [-0.05, 0) is 65.9 Å². The van der Waals surface area contributed by atoms with E-state index in [2.05, 4.69) is 0 Å². The van der Waals surface area contributed by atoms with E-state index in [9.17, 15) is 25.6 Å². The molecule has 0 fully saturated rings. The number of sulfone groups is 2. The molecule has 0 saturated carbocycles. The Balaban J connectivity index is 2.80. The quantitative estimate of drug-likeness (QED) is 0.807. The lowest BCUT2D eigenvalue weighted by molar-refractivity contribution is 0.594. The van der Waals surface area contributed by atoms with Crippen molar-refractivity contribution >= 4 is 19.7 Å². The SMILES string of the molecule is Cc1c(F)cc(CS(C)(=O)=O)cc1-c1cc(S(C)(=O)=O)cc(F)c1C. The summed E-state index contributed by atoms with van der Waals surface area (Å²) < 4.78 is 75.0. The predicted octanol–water partition coefficient (Wildman–Crippen LogP) is 3.20. The van der Waals surface area contributed by atoms with Gasteiger partial charge in [0, 0.05) is 12.5 Å². The predicted molar refractivity (Wildman–Crippen MR) is 92.9 cm³/mol. The highest BCUT2D eigenvalue weighted by Crippen LogP contribution is 2.33. The minimum absolute atomic E-state index is 0.159. The first-order valence-electron chi connectivity index (χ1n) is 7.27. The normalized spacial score (nSPS) is 12.4. The van der Waals surface area contributed by atoms with Crippen molar-refractivity contribution < 1.29 is 25.6 Å². The molecule has 0 atom stereocenters. The van der Waals surface area contributed by atoms with Gasteiger partial charge in [-0.15, -0.1) is 0 Å². The maximum Gasteiger partial charge on any atom is 0.175 e. The zero-order valence-corrected chi connectivity index (χ0v) is 15.9. The summed E-state index contributed by atoms with van der Waals surface area (Å²) in [7, 11) is -7.06. The molecule has 0 aliphatic rings. The number of hydrogen-bond acceptors (Lipinski definition) is 4. The lowest BCUT2D eigenvalue weighted by atomic mass is 9.94. The molecular formula is C17H18F2O4S2. The van der Waals surface area contributed by atoms with Crippen molar-refractivity contribution in [1.29, 1.82) is 0 Å². The Bertz CT molecular complexity index is 1060. The van der Waals surface area contributed by atoms with Crippen LogP contribution in [0.25, 0.3) is 11.1 Å². The van der Waals surface area contributed by atoms with E-state index in [1.54, 1.807) is 0 Å². The second-order valence-electron chi connectivity index (χ2n) is 6.17. The molecule has 0 saturated heterocycles. The molecule has 0 radical (unpaired) electrons. The van der Waals surface area contributed by atoms with Gasteiger partial charge in [0.25, 0.3) is 0 Å². The van der Waals surface area contributed by atoms with Crippen molar-refractivity contribution in [2.75, 3.05) is 12.5 Å². The molecule has 0 spiro atoms. The zero-order valence-electron chi connectivity index (χ0n) is 14.2. The minimum Gasteiger partial charge on any atom is -0.229 e. The Hall–Kier alpha value is -1.80. The van der Waals surface area contributed by atoms with Crippen molar-refractivity contribution in [3.63, 3.8) is 0 Å². The third kappa shape index (κ3) is 4.43. The fourth-order valence-corrected chi connectivity index (χ4v) is 3.97. The van der Waals surface area contributed by atoms with Gasteiger partial charge in [0.15, 0.2) is 19.7 Å². The molecule has 0 aromatic heterocycles. The first-order valence-corrected chi connectivity index (χ1v) is 11.2.